The highest BCUT2D eigenvalue weighted by Crippen LogP contribution is 2.23. The molecule has 5 nitrogen and oxygen atoms in total. The van der Waals surface area contributed by atoms with Crippen molar-refractivity contribution in [3.8, 4) is 11.5 Å². The van der Waals surface area contributed by atoms with Gasteiger partial charge in [-0.25, -0.2) is 0 Å². The van der Waals surface area contributed by atoms with Crippen LogP contribution in [0, 0.1) is 4.64 Å². The van der Waals surface area contributed by atoms with Crippen molar-refractivity contribution in [1.29, 1.82) is 0 Å². The zero-order chi connectivity index (χ0) is 14.5. The van der Waals surface area contributed by atoms with Crippen LogP contribution < -0.4 is 14.8 Å². The van der Waals surface area contributed by atoms with Crippen LogP contribution in [0.15, 0.2) is 36.5 Å². The Morgan fingerprint density at radius 3 is 2.30 bits per heavy atom. The Morgan fingerprint density at radius 1 is 1.15 bits per heavy atom. The van der Waals surface area contributed by atoms with Gasteiger partial charge in [0.1, 0.15) is 16.1 Å². The number of carbonyl (C=O) groups is 1. The average Bonchev–Trinajstić information content (AvgIpc) is 2.48. The fourth-order valence-electron chi connectivity index (χ4n) is 1.63. The smallest absolute Gasteiger partial charge is 0.255 e. The van der Waals surface area contributed by atoms with E-state index in [9.17, 15) is 4.79 Å². The number of anilines is 1. The number of methoxy groups -OCH3 is 2. The number of ether oxygens (including phenoxy) is 2. The molecule has 1 aromatic heterocycles. The maximum Gasteiger partial charge on any atom is 0.255 e. The van der Waals surface area contributed by atoms with Gasteiger partial charge in [0.15, 0.2) is 0 Å². The molecular weight excluding hydrogens is 276 g/mol. The molecule has 0 aliphatic carbocycles. The number of amides is 1. The first kappa shape index (κ1) is 14.1. The van der Waals surface area contributed by atoms with Crippen LogP contribution in [0.4, 0.5) is 5.69 Å². The predicted molar refractivity (Wildman–Crippen MR) is 79.1 cm³/mol. The Labute approximate surface area is 121 Å². The summed E-state index contributed by atoms with van der Waals surface area (Å²) in [7, 11) is 3.07. The number of nitrogens with one attached hydrogen (secondary N) is 2. The van der Waals surface area contributed by atoms with Crippen LogP contribution in [0.5, 0.6) is 11.5 Å². The molecule has 20 heavy (non-hydrogen) atoms. The first-order valence-electron chi connectivity index (χ1n) is 5.85. The van der Waals surface area contributed by atoms with Crippen molar-refractivity contribution < 1.29 is 14.3 Å². The summed E-state index contributed by atoms with van der Waals surface area (Å²) >= 11 is 4.94. The minimum Gasteiger partial charge on any atom is -0.497 e. The van der Waals surface area contributed by atoms with E-state index in [2.05, 4.69) is 10.3 Å². The second-order valence-electron chi connectivity index (χ2n) is 4.00. The van der Waals surface area contributed by atoms with Crippen molar-refractivity contribution in [1.82, 2.24) is 4.98 Å². The van der Waals surface area contributed by atoms with Gasteiger partial charge < -0.3 is 19.8 Å². The third kappa shape index (κ3) is 3.36. The van der Waals surface area contributed by atoms with E-state index in [1.807, 2.05) is 0 Å². The van der Waals surface area contributed by atoms with E-state index in [0.29, 0.717) is 27.4 Å². The molecule has 0 saturated carbocycles. The lowest BCUT2D eigenvalue weighted by Gasteiger charge is -2.09. The molecule has 2 N–H and O–H groups in total. The second-order valence-corrected chi connectivity index (χ2v) is 4.44. The highest BCUT2D eigenvalue weighted by atomic mass is 32.1. The summed E-state index contributed by atoms with van der Waals surface area (Å²) in [5.41, 5.74) is 1.08. The maximum atomic E-state index is 12.2. The molecule has 0 radical (unpaired) electrons. The van der Waals surface area contributed by atoms with Crippen LogP contribution in [0.2, 0.25) is 0 Å². The average molecular weight is 290 g/mol. The van der Waals surface area contributed by atoms with Gasteiger partial charge in [-0.2, -0.15) is 0 Å². The Kier molecular flexibility index (Phi) is 4.37. The fourth-order valence-corrected chi connectivity index (χ4v) is 1.76. The predicted octanol–water partition coefficient (Wildman–Crippen LogP) is 3.01. The van der Waals surface area contributed by atoms with Crippen molar-refractivity contribution in [2.24, 2.45) is 0 Å². The summed E-state index contributed by atoms with van der Waals surface area (Å²) in [4.78, 5) is 15.0. The molecule has 0 atom stereocenters. The van der Waals surface area contributed by atoms with E-state index >= 15 is 0 Å². The molecule has 1 aromatic carbocycles. The van der Waals surface area contributed by atoms with Gasteiger partial charge in [0.05, 0.1) is 19.9 Å². The molecule has 1 heterocycles. The topological polar surface area (TPSA) is 63.4 Å². The molecule has 1 amide bonds. The summed E-state index contributed by atoms with van der Waals surface area (Å²) in [5, 5.41) is 2.76. The monoisotopic (exact) mass is 290 g/mol. The fraction of sp³-hybridized carbons (Fsp3) is 0.143. The minimum absolute atomic E-state index is 0.257. The van der Waals surface area contributed by atoms with Crippen molar-refractivity contribution in [3.63, 3.8) is 0 Å². The normalized spacial score (nSPS) is 9.90. The third-order valence-corrected chi connectivity index (χ3v) is 2.91. The SMILES string of the molecule is COc1cc(OC)cc(C(=O)Nc2ccc(=S)[nH]c2)c1. The summed E-state index contributed by atoms with van der Waals surface area (Å²) in [6.45, 7) is 0. The highest BCUT2D eigenvalue weighted by molar-refractivity contribution is 7.71. The standard InChI is InChI=1S/C14H14N2O3S/c1-18-11-5-9(6-12(7-11)19-2)14(17)16-10-3-4-13(20)15-8-10/h3-8H,1-2H3,(H,15,20)(H,16,17). The van der Waals surface area contributed by atoms with Crippen LogP contribution in [0.3, 0.4) is 0 Å². The maximum absolute atomic E-state index is 12.2. The van der Waals surface area contributed by atoms with E-state index in [4.69, 9.17) is 21.7 Å². The van der Waals surface area contributed by atoms with Crippen LogP contribution in [-0.2, 0) is 0 Å². The van der Waals surface area contributed by atoms with Crippen LogP contribution in [0.25, 0.3) is 0 Å². The molecule has 2 aromatic rings. The molecule has 104 valence electrons. The van der Waals surface area contributed by atoms with Crippen LogP contribution >= 0.6 is 12.2 Å². The van der Waals surface area contributed by atoms with Gasteiger partial charge >= 0.3 is 0 Å². The Morgan fingerprint density at radius 2 is 1.80 bits per heavy atom. The zero-order valence-electron chi connectivity index (χ0n) is 11.1. The van der Waals surface area contributed by atoms with Gasteiger partial charge in [-0.3, -0.25) is 4.79 Å². The molecule has 2 rings (SSSR count). The van der Waals surface area contributed by atoms with Gasteiger partial charge in [-0.1, -0.05) is 12.2 Å². The van der Waals surface area contributed by atoms with E-state index in [1.165, 1.54) is 14.2 Å². The molecule has 0 aliphatic heterocycles. The van der Waals surface area contributed by atoms with Crippen molar-refractivity contribution in [2.45, 2.75) is 0 Å². The first-order chi connectivity index (χ1) is 9.62. The number of carbonyl (C=O) groups excluding carboxylic acids is 1. The summed E-state index contributed by atoms with van der Waals surface area (Å²) in [6, 6.07) is 8.42. The lowest BCUT2D eigenvalue weighted by Crippen LogP contribution is -2.12. The number of benzene rings is 1. The Hall–Kier alpha value is -2.34. The first-order valence-corrected chi connectivity index (χ1v) is 6.26. The lowest BCUT2D eigenvalue weighted by atomic mass is 10.2. The largest absolute Gasteiger partial charge is 0.497 e. The lowest BCUT2D eigenvalue weighted by molar-refractivity contribution is 0.102. The number of rotatable bonds is 4. The Balaban J connectivity index is 2.24. The molecule has 6 heteroatoms. The number of hydrogen-bond donors (Lipinski definition) is 2. The second kappa shape index (κ2) is 6.21. The van der Waals surface area contributed by atoms with E-state index in [0.717, 1.165) is 0 Å². The number of pyridine rings is 1. The molecule has 0 spiro atoms. The highest BCUT2D eigenvalue weighted by Gasteiger charge is 2.10. The Bertz CT molecular complexity index is 640. The molecule has 0 fully saturated rings. The number of hydrogen-bond acceptors (Lipinski definition) is 4. The van der Waals surface area contributed by atoms with Crippen LogP contribution in [-0.4, -0.2) is 25.1 Å². The molecule has 0 saturated heterocycles. The summed E-state index contributed by atoms with van der Waals surface area (Å²) in [5.74, 6) is 0.858. The third-order valence-electron chi connectivity index (χ3n) is 2.66. The zero-order valence-corrected chi connectivity index (χ0v) is 11.9. The number of H-pyrrole nitrogens is 1. The van der Waals surface area contributed by atoms with Crippen molar-refractivity contribution in [2.75, 3.05) is 19.5 Å². The summed E-state index contributed by atoms with van der Waals surface area (Å²) in [6.07, 6.45) is 1.64. The van der Waals surface area contributed by atoms with Crippen LogP contribution in [0.1, 0.15) is 10.4 Å². The molecule has 0 bridgehead atoms. The molecular formula is C14H14N2O3S. The van der Waals surface area contributed by atoms with Gasteiger partial charge in [-0.05, 0) is 24.3 Å². The molecule has 0 unspecified atom stereocenters. The van der Waals surface area contributed by atoms with Gasteiger partial charge in [0.25, 0.3) is 5.91 Å². The van der Waals surface area contributed by atoms with Gasteiger partial charge in [-0.15, -0.1) is 0 Å². The van der Waals surface area contributed by atoms with Crippen molar-refractivity contribution >= 4 is 23.8 Å². The minimum atomic E-state index is -0.257. The van der Waals surface area contributed by atoms with E-state index in [1.54, 1.807) is 36.5 Å². The van der Waals surface area contributed by atoms with Gasteiger partial charge in [0.2, 0.25) is 0 Å². The van der Waals surface area contributed by atoms with Crippen molar-refractivity contribution in [3.05, 3.63) is 46.7 Å². The van der Waals surface area contributed by atoms with E-state index < -0.39 is 0 Å². The number of aromatic nitrogens is 1. The quantitative estimate of drug-likeness (QED) is 0.850. The molecule has 0 aliphatic rings. The van der Waals surface area contributed by atoms with E-state index in [-0.39, 0.29) is 5.91 Å². The van der Waals surface area contributed by atoms with Gasteiger partial charge in [0, 0.05) is 17.8 Å². The summed E-state index contributed by atoms with van der Waals surface area (Å²) < 4.78 is 10.9. The number of aromatic amines is 1.